The van der Waals surface area contributed by atoms with Crippen LogP contribution >= 0.6 is 11.8 Å². The topological polar surface area (TPSA) is 54.9 Å². The molecule has 0 bridgehead atoms. The molecule has 0 aliphatic rings. The number of hydrogen-bond acceptors (Lipinski definition) is 4. The smallest absolute Gasteiger partial charge is 0.234 e. The Hall–Kier alpha value is -1.88. The minimum Gasteiger partial charge on any atom is -0.325 e. The van der Waals surface area contributed by atoms with E-state index >= 15 is 0 Å². The molecule has 0 saturated carbocycles. The average molecular weight is 273 g/mol. The lowest BCUT2D eigenvalue weighted by atomic mass is 10.1. The summed E-state index contributed by atoms with van der Waals surface area (Å²) in [6.45, 7) is 2.10. The SMILES string of the molecule is CCc1ccc(NC(=O)CSc2ncccn2)cc1. The first-order valence-corrected chi connectivity index (χ1v) is 7.05. The summed E-state index contributed by atoms with van der Waals surface area (Å²) in [5.74, 6) is 0.251. The van der Waals surface area contributed by atoms with E-state index in [1.165, 1.54) is 17.3 Å². The van der Waals surface area contributed by atoms with Crippen LogP contribution in [0.5, 0.6) is 0 Å². The molecule has 0 spiro atoms. The van der Waals surface area contributed by atoms with Crippen molar-refractivity contribution in [3.63, 3.8) is 0 Å². The second-order valence-corrected chi connectivity index (χ2v) is 4.86. The number of nitrogens with zero attached hydrogens (tertiary/aromatic N) is 2. The number of amides is 1. The van der Waals surface area contributed by atoms with Crippen molar-refractivity contribution in [2.75, 3.05) is 11.1 Å². The summed E-state index contributed by atoms with van der Waals surface area (Å²) < 4.78 is 0. The Bertz CT molecular complexity index is 528. The van der Waals surface area contributed by atoms with Crippen molar-refractivity contribution in [1.82, 2.24) is 9.97 Å². The predicted molar refractivity (Wildman–Crippen MR) is 77.2 cm³/mol. The summed E-state index contributed by atoms with van der Waals surface area (Å²) in [5.41, 5.74) is 2.07. The first kappa shape index (κ1) is 13.5. The van der Waals surface area contributed by atoms with Gasteiger partial charge in [0.05, 0.1) is 5.75 Å². The molecule has 0 aliphatic carbocycles. The molecule has 4 nitrogen and oxygen atoms in total. The lowest BCUT2D eigenvalue weighted by Crippen LogP contribution is -2.14. The molecule has 0 aliphatic heterocycles. The van der Waals surface area contributed by atoms with E-state index in [0.29, 0.717) is 10.9 Å². The fourth-order valence-electron chi connectivity index (χ4n) is 1.51. The molecule has 0 unspecified atom stereocenters. The van der Waals surface area contributed by atoms with E-state index in [-0.39, 0.29) is 5.91 Å². The van der Waals surface area contributed by atoms with Gasteiger partial charge in [-0.05, 0) is 30.2 Å². The Morgan fingerprint density at radius 2 is 1.89 bits per heavy atom. The van der Waals surface area contributed by atoms with Crippen LogP contribution in [0.4, 0.5) is 5.69 Å². The largest absolute Gasteiger partial charge is 0.325 e. The number of rotatable bonds is 5. The van der Waals surface area contributed by atoms with E-state index in [1.807, 2.05) is 24.3 Å². The van der Waals surface area contributed by atoms with Crippen LogP contribution in [0, 0.1) is 0 Å². The predicted octanol–water partition coefficient (Wildman–Crippen LogP) is 2.77. The minimum absolute atomic E-state index is 0.0540. The minimum atomic E-state index is -0.0540. The van der Waals surface area contributed by atoms with Crippen LogP contribution in [0.15, 0.2) is 47.9 Å². The highest BCUT2D eigenvalue weighted by molar-refractivity contribution is 7.99. The van der Waals surface area contributed by atoms with Gasteiger partial charge in [0.2, 0.25) is 5.91 Å². The normalized spacial score (nSPS) is 10.2. The van der Waals surface area contributed by atoms with Crippen LogP contribution < -0.4 is 5.32 Å². The second-order valence-electron chi connectivity index (χ2n) is 3.92. The van der Waals surface area contributed by atoms with Crippen molar-refractivity contribution in [1.29, 1.82) is 0 Å². The highest BCUT2D eigenvalue weighted by Crippen LogP contribution is 2.13. The zero-order valence-corrected chi connectivity index (χ0v) is 11.5. The fourth-order valence-corrected chi connectivity index (χ4v) is 2.11. The van der Waals surface area contributed by atoms with Crippen molar-refractivity contribution in [2.45, 2.75) is 18.5 Å². The third kappa shape index (κ3) is 4.37. The van der Waals surface area contributed by atoms with Gasteiger partial charge in [0.25, 0.3) is 0 Å². The summed E-state index contributed by atoms with van der Waals surface area (Å²) in [7, 11) is 0. The highest BCUT2D eigenvalue weighted by atomic mass is 32.2. The Labute approximate surface area is 116 Å². The zero-order valence-electron chi connectivity index (χ0n) is 10.7. The maximum absolute atomic E-state index is 11.8. The van der Waals surface area contributed by atoms with Gasteiger partial charge < -0.3 is 5.32 Å². The Balaban J connectivity index is 1.83. The van der Waals surface area contributed by atoms with E-state index in [1.54, 1.807) is 18.5 Å². The Morgan fingerprint density at radius 1 is 1.21 bits per heavy atom. The number of aromatic nitrogens is 2. The quantitative estimate of drug-likeness (QED) is 0.672. The molecule has 1 heterocycles. The maximum atomic E-state index is 11.8. The van der Waals surface area contributed by atoms with Crippen LogP contribution in [-0.4, -0.2) is 21.6 Å². The number of hydrogen-bond donors (Lipinski definition) is 1. The lowest BCUT2D eigenvalue weighted by Gasteiger charge is -2.05. The van der Waals surface area contributed by atoms with Crippen LogP contribution in [0.25, 0.3) is 0 Å². The fraction of sp³-hybridized carbons (Fsp3) is 0.214. The summed E-state index contributed by atoms with van der Waals surface area (Å²) in [5, 5.41) is 3.46. The second kappa shape index (κ2) is 6.89. The van der Waals surface area contributed by atoms with Gasteiger partial charge in [0, 0.05) is 18.1 Å². The van der Waals surface area contributed by atoms with E-state index in [2.05, 4.69) is 22.2 Å². The van der Waals surface area contributed by atoms with Crippen molar-refractivity contribution in [3.05, 3.63) is 48.3 Å². The van der Waals surface area contributed by atoms with Crippen molar-refractivity contribution in [2.24, 2.45) is 0 Å². The number of carbonyl (C=O) groups excluding carboxylic acids is 1. The van der Waals surface area contributed by atoms with Crippen LogP contribution in [-0.2, 0) is 11.2 Å². The molecule has 0 radical (unpaired) electrons. The molecule has 0 saturated heterocycles. The summed E-state index contributed by atoms with van der Waals surface area (Å²) in [4.78, 5) is 19.9. The molecule has 98 valence electrons. The third-order valence-electron chi connectivity index (χ3n) is 2.52. The molecule has 19 heavy (non-hydrogen) atoms. The average Bonchev–Trinajstić information content (AvgIpc) is 2.47. The van der Waals surface area contributed by atoms with Crippen molar-refractivity contribution in [3.8, 4) is 0 Å². The van der Waals surface area contributed by atoms with Gasteiger partial charge in [-0.25, -0.2) is 9.97 Å². The molecular formula is C14H15N3OS. The number of carbonyl (C=O) groups is 1. The molecule has 0 fully saturated rings. The van der Waals surface area contributed by atoms with Crippen LogP contribution in [0.1, 0.15) is 12.5 Å². The molecule has 1 aromatic carbocycles. The molecule has 5 heteroatoms. The van der Waals surface area contributed by atoms with Gasteiger partial charge in [-0.2, -0.15) is 0 Å². The number of aryl methyl sites for hydroxylation is 1. The Kier molecular flexibility index (Phi) is 4.92. The highest BCUT2D eigenvalue weighted by Gasteiger charge is 2.04. The first-order valence-electron chi connectivity index (χ1n) is 6.06. The van der Waals surface area contributed by atoms with Crippen LogP contribution in [0.2, 0.25) is 0 Å². The van der Waals surface area contributed by atoms with Gasteiger partial charge in [-0.3, -0.25) is 4.79 Å². The van der Waals surface area contributed by atoms with E-state index < -0.39 is 0 Å². The van der Waals surface area contributed by atoms with Crippen molar-refractivity contribution >= 4 is 23.4 Å². The third-order valence-corrected chi connectivity index (χ3v) is 3.40. The number of thioether (sulfide) groups is 1. The van der Waals surface area contributed by atoms with E-state index in [0.717, 1.165) is 12.1 Å². The lowest BCUT2D eigenvalue weighted by molar-refractivity contribution is -0.113. The first-order chi connectivity index (χ1) is 9.28. The molecule has 2 rings (SSSR count). The molecule has 1 aromatic heterocycles. The van der Waals surface area contributed by atoms with Gasteiger partial charge >= 0.3 is 0 Å². The van der Waals surface area contributed by atoms with E-state index in [9.17, 15) is 4.79 Å². The molecule has 0 atom stereocenters. The monoisotopic (exact) mass is 273 g/mol. The summed E-state index contributed by atoms with van der Waals surface area (Å²) >= 11 is 1.32. The molecule has 2 aromatic rings. The standard InChI is InChI=1S/C14H15N3OS/c1-2-11-4-6-12(7-5-11)17-13(18)10-19-14-15-8-3-9-16-14/h3-9H,2,10H2,1H3,(H,17,18). The number of nitrogens with one attached hydrogen (secondary N) is 1. The molecule has 1 N–H and O–H groups in total. The molecular weight excluding hydrogens is 258 g/mol. The number of anilines is 1. The summed E-state index contributed by atoms with van der Waals surface area (Å²) in [6, 6.07) is 9.62. The zero-order chi connectivity index (χ0) is 13.5. The Morgan fingerprint density at radius 3 is 2.53 bits per heavy atom. The van der Waals surface area contributed by atoms with Crippen molar-refractivity contribution < 1.29 is 4.79 Å². The maximum Gasteiger partial charge on any atom is 0.234 e. The number of benzene rings is 1. The summed E-state index contributed by atoms with van der Waals surface area (Å²) in [6.07, 6.45) is 4.32. The van der Waals surface area contributed by atoms with Gasteiger partial charge in [-0.1, -0.05) is 30.8 Å². The van der Waals surface area contributed by atoms with Gasteiger partial charge in [0.15, 0.2) is 5.16 Å². The van der Waals surface area contributed by atoms with Gasteiger partial charge in [0.1, 0.15) is 0 Å². The molecule has 1 amide bonds. The van der Waals surface area contributed by atoms with Gasteiger partial charge in [-0.15, -0.1) is 0 Å². The van der Waals surface area contributed by atoms with Crippen LogP contribution in [0.3, 0.4) is 0 Å². The van der Waals surface area contributed by atoms with E-state index in [4.69, 9.17) is 0 Å².